The fourth-order valence-corrected chi connectivity index (χ4v) is 1.82. The minimum Gasteiger partial charge on any atom is -0.508 e. The Morgan fingerprint density at radius 1 is 1.30 bits per heavy atom. The van der Waals surface area contributed by atoms with Gasteiger partial charge in [0.2, 0.25) is 0 Å². The van der Waals surface area contributed by atoms with Crippen molar-refractivity contribution in [2.45, 2.75) is 6.92 Å². The number of rotatable bonds is 3. The van der Waals surface area contributed by atoms with Gasteiger partial charge in [-0.2, -0.15) is 5.10 Å². The lowest BCUT2D eigenvalue weighted by Gasteiger charge is -2.04. The summed E-state index contributed by atoms with van der Waals surface area (Å²) >= 11 is 3.09. The van der Waals surface area contributed by atoms with Gasteiger partial charge >= 0.3 is 5.91 Å². The van der Waals surface area contributed by atoms with E-state index in [1.807, 2.05) is 0 Å². The van der Waals surface area contributed by atoms with Gasteiger partial charge in [0, 0.05) is 11.6 Å². The molecule has 7 heteroatoms. The van der Waals surface area contributed by atoms with Crippen molar-refractivity contribution >= 4 is 27.5 Å². The lowest BCUT2D eigenvalue weighted by Crippen LogP contribution is -2.18. The third-order valence-corrected chi connectivity index (χ3v) is 2.92. The predicted octanol–water partition coefficient (Wildman–Crippen LogP) is 2.61. The van der Waals surface area contributed by atoms with E-state index in [0.29, 0.717) is 15.9 Å². The quantitative estimate of drug-likeness (QED) is 0.592. The molecule has 1 amide bonds. The number of phenols is 2. The zero-order chi connectivity index (χ0) is 14.7. The minimum absolute atomic E-state index is 0.0523. The number of hydrogen-bond donors (Lipinski definition) is 3. The molecule has 0 atom stereocenters. The molecule has 0 aliphatic carbocycles. The lowest BCUT2D eigenvalue weighted by atomic mass is 10.1. The Labute approximate surface area is 122 Å². The van der Waals surface area contributed by atoms with Crippen molar-refractivity contribution in [1.29, 1.82) is 0 Å². The SMILES string of the molecule is C/C(=N\NC(=O)c1ccc(Br)o1)c1ccc(O)cc1O. The van der Waals surface area contributed by atoms with Crippen molar-refractivity contribution in [2.24, 2.45) is 5.10 Å². The molecule has 0 saturated carbocycles. The van der Waals surface area contributed by atoms with E-state index in [4.69, 9.17) is 4.42 Å². The molecule has 1 aromatic carbocycles. The first-order valence-electron chi connectivity index (χ1n) is 5.59. The van der Waals surface area contributed by atoms with Crippen LogP contribution in [-0.4, -0.2) is 21.8 Å². The molecule has 0 bridgehead atoms. The highest BCUT2D eigenvalue weighted by Gasteiger charge is 2.10. The van der Waals surface area contributed by atoms with E-state index >= 15 is 0 Å². The summed E-state index contributed by atoms with van der Waals surface area (Å²) < 4.78 is 5.52. The van der Waals surface area contributed by atoms with Crippen LogP contribution < -0.4 is 5.43 Å². The van der Waals surface area contributed by atoms with Crippen molar-refractivity contribution in [3.63, 3.8) is 0 Å². The van der Waals surface area contributed by atoms with Crippen LogP contribution in [0.4, 0.5) is 0 Å². The molecule has 20 heavy (non-hydrogen) atoms. The van der Waals surface area contributed by atoms with Crippen LogP contribution >= 0.6 is 15.9 Å². The van der Waals surface area contributed by atoms with Crippen molar-refractivity contribution in [2.75, 3.05) is 0 Å². The number of phenolic OH excluding ortho intramolecular Hbond substituents is 2. The van der Waals surface area contributed by atoms with Crippen LogP contribution in [0.15, 0.2) is 44.5 Å². The predicted molar refractivity (Wildman–Crippen MR) is 75.9 cm³/mol. The van der Waals surface area contributed by atoms with Crippen molar-refractivity contribution in [3.05, 3.63) is 46.3 Å². The highest BCUT2D eigenvalue weighted by atomic mass is 79.9. The second kappa shape index (κ2) is 5.79. The van der Waals surface area contributed by atoms with Crippen molar-refractivity contribution < 1.29 is 19.4 Å². The van der Waals surface area contributed by atoms with Gasteiger partial charge in [-0.15, -0.1) is 0 Å². The standard InChI is InChI=1S/C13H11BrN2O4/c1-7(9-3-2-8(17)6-10(9)18)15-16-13(19)11-4-5-12(14)20-11/h2-6,17-18H,1H3,(H,16,19)/b15-7+. The fourth-order valence-electron chi connectivity index (χ4n) is 1.51. The van der Waals surface area contributed by atoms with Crippen LogP contribution in [0.2, 0.25) is 0 Å². The van der Waals surface area contributed by atoms with E-state index in [9.17, 15) is 15.0 Å². The van der Waals surface area contributed by atoms with Crippen LogP contribution in [0.3, 0.4) is 0 Å². The summed E-state index contributed by atoms with van der Waals surface area (Å²) in [5.74, 6) is -0.568. The maximum Gasteiger partial charge on any atom is 0.307 e. The number of furan rings is 1. The molecular formula is C13H11BrN2O4. The van der Waals surface area contributed by atoms with Gasteiger partial charge in [-0.25, -0.2) is 5.43 Å². The second-order valence-corrected chi connectivity index (χ2v) is 4.72. The number of nitrogens with zero attached hydrogens (tertiary/aromatic N) is 1. The largest absolute Gasteiger partial charge is 0.508 e. The Kier molecular flexibility index (Phi) is 4.09. The Morgan fingerprint density at radius 3 is 2.65 bits per heavy atom. The molecule has 2 rings (SSSR count). The van der Waals surface area contributed by atoms with E-state index in [2.05, 4.69) is 26.5 Å². The van der Waals surface area contributed by atoms with Crippen LogP contribution in [0.25, 0.3) is 0 Å². The number of amides is 1. The highest BCUT2D eigenvalue weighted by molar-refractivity contribution is 9.10. The molecule has 2 aromatic rings. The molecule has 0 radical (unpaired) electrons. The van der Waals surface area contributed by atoms with Gasteiger partial charge in [0.25, 0.3) is 0 Å². The summed E-state index contributed by atoms with van der Waals surface area (Å²) in [5, 5.41) is 22.7. The maximum absolute atomic E-state index is 11.7. The zero-order valence-corrected chi connectivity index (χ0v) is 12.0. The first-order chi connectivity index (χ1) is 9.47. The fraction of sp³-hybridized carbons (Fsp3) is 0.0769. The Hall–Kier alpha value is -2.28. The summed E-state index contributed by atoms with van der Waals surface area (Å²) in [6.07, 6.45) is 0. The number of nitrogens with one attached hydrogen (secondary N) is 1. The number of hydrogen-bond acceptors (Lipinski definition) is 5. The molecule has 0 unspecified atom stereocenters. The first kappa shape index (κ1) is 14.1. The van der Waals surface area contributed by atoms with Gasteiger partial charge in [-0.05, 0) is 47.1 Å². The molecular weight excluding hydrogens is 328 g/mol. The van der Waals surface area contributed by atoms with E-state index in [0.717, 1.165) is 0 Å². The third-order valence-electron chi connectivity index (χ3n) is 2.49. The number of carbonyl (C=O) groups excluding carboxylic acids is 1. The van der Waals surface area contributed by atoms with Gasteiger partial charge in [0.05, 0.1) is 5.71 Å². The van der Waals surface area contributed by atoms with Gasteiger partial charge < -0.3 is 14.6 Å². The van der Waals surface area contributed by atoms with Crippen molar-refractivity contribution in [3.8, 4) is 11.5 Å². The molecule has 3 N–H and O–H groups in total. The van der Waals surface area contributed by atoms with E-state index in [1.54, 1.807) is 13.0 Å². The average Bonchev–Trinajstić information content (AvgIpc) is 2.82. The summed E-state index contributed by atoms with van der Waals surface area (Å²) in [5.41, 5.74) is 3.11. The Bertz CT molecular complexity index is 679. The molecule has 0 aliphatic heterocycles. The summed E-state index contributed by atoms with van der Waals surface area (Å²) in [7, 11) is 0. The summed E-state index contributed by atoms with van der Waals surface area (Å²) in [6, 6.07) is 7.21. The smallest absolute Gasteiger partial charge is 0.307 e. The summed E-state index contributed by atoms with van der Waals surface area (Å²) in [6.45, 7) is 1.62. The number of aromatic hydroxyl groups is 2. The molecule has 0 spiro atoms. The van der Waals surface area contributed by atoms with Crippen LogP contribution in [0, 0.1) is 0 Å². The highest BCUT2D eigenvalue weighted by Crippen LogP contribution is 2.23. The van der Waals surface area contributed by atoms with E-state index in [-0.39, 0.29) is 17.3 Å². The zero-order valence-electron chi connectivity index (χ0n) is 10.4. The topological polar surface area (TPSA) is 95.1 Å². The number of hydrazone groups is 1. The van der Waals surface area contributed by atoms with Gasteiger partial charge in [-0.1, -0.05) is 0 Å². The third kappa shape index (κ3) is 3.18. The molecule has 104 valence electrons. The molecule has 6 nitrogen and oxygen atoms in total. The minimum atomic E-state index is -0.506. The Morgan fingerprint density at radius 2 is 2.05 bits per heavy atom. The number of halogens is 1. The van der Waals surface area contributed by atoms with Gasteiger partial charge in [0.1, 0.15) is 11.5 Å². The second-order valence-electron chi connectivity index (χ2n) is 3.94. The molecule has 1 aromatic heterocycles. The monoisotopic (exact) mass is 338 g/mol. The van der Waals surface area contributed by atoms with Crippen LogP contribution in [-0.2, 0) is 0 Å². The molecule has 0 saturated heterocycles. The number of carbonyl (C=O) groups is 1. The van der Waals surface area contributed by atoms with Crippen LogP contribution in [0.5, 0.6) is 11.5 Å². The van der Waals surface area contributed by atoms with Gasteiger partial charge in [0.15, 0.2) is 10.4 Å². The van der Waals surface area contributed by atoms with Gasteiger partial charge in [-0.3, -0.25) is 4.79 Å². The molecule has 0 fully saturated rings. The number of benzene rings is 1. The normalized spacial score (nSPS) is 11.4. The van der Waals surface area contributed by atoms with E-state index in [1.165, 1.54) is 24.3 Å². The molecule has 1 heterocycles. The van der Waals surface area contributed by atoms with E-state index < -0.39 is 5.91 Å². The summed E-state index contributed by atoms with van der Waals surface area (Å²) in [4.78, 5) is 11.7. The lowest BCUT2D eigenvalue weighted by molar-refractivity contribution is 0.0926. The maximum atomic E-state index is 11.7. The molecule has 0 aliphatic rings. The first-order valence-corrected chi connectivity index (χ1v) is 6.39. The van der Waals surface area contributed by atoms with Crippen LogP contribution in [0.1, 0.15) is 23.0 Å². The average molecular weight is 339 g/mol. The Balaban J connectivity index is 2.13. The van der Waals surface area contributed by atoms with Crippen molar-refractivity contribution in [1.82, 2.24) is 5.43 Å².